The molecule has 1 aliphatic rings. The number of hydrogen-bond acceptors (Lipinski definition) is 3. The van der Waals surface area contributed by atoms with Crippen LogP contribution in [0.15, 0.2) is 31.2 Å². The molecule has 15 heavy (non-hydrogen) atoms. The maximum atomic E-state index is 5.61. The van der Waals surface area contributed by atoms with Gasteiger partial charge in [0.15, 0.2) is 0 Å². The van der Waals surface area contributed by atoms with Crippen LogP contribution in [-0.2, 0) is 8.15 Å². The summed E-state index contributed by atoms with van der Waals surface area (Å²) in [5.41, 5.74) is 4.25. The predicted molar refractivity (Wildman–Crippen MR) is 65.5 cm³/mol. The second kappa shape index (κ2) is 8.69. The number of halogens is 3. The fourth-order valence-electron chi connectivity index (χ4n) is 0.584. The van der Waals surface area contributed by atoms with Gasteiger partial charge in [-0.05, 0) is 0 Å². The molecule has 0 amide bonds. The van der Waals surface area contributed by atoms with Crippen molar-refractivity contribution < 1.29 is 8.15 Å². The van der Waals surface area contributed by atoms with E-state index < -0.39 is 46.0 Å². The normalized spacial score (nSPS) is 33.4. The zero-order valence-electron chi connectivity index (χ0n) is 7.16. The van der Waals surface area contributed by atoms with Gasteiger partial charge >= 0.3 is 120 Å². The SMILES string of the molecule is Cl/C=C/[As]1O[As](/C=C/Cl)O[As](/C=C/Cl)O1. The molecule has 1 rings (SSSR count). The molecule has 0 atom stereocenters. The van der Waals surface area contributed by atoms with Gasteiger partial charge in [-0.3, -0.25) is 0 Å². The monoisotopic (exact) mass is 456 g/mol. The molecule has 0 aromatic rings. The van der Waals surface area contributed by atoms with E-state index in [4.69, 9.17) is 42.9 Å². The number of hydrogen-bond donors (Lipinski definition) is 0. The Labute approximate surface area is 119 Å². The Morgan fingerprint density at radius 1 is 0.600 bits per heavy atom. The summed E-state index contributed by atoms with van der Waals surface area (Å²) in [4.78, 5) is 5.26. The van der Waals surface area contributed by atoms with Crippen LogP contribution in [0.25, 0.3) is 0 Å². The van der Waals surface area contributed by atoms with E-state index >= 15 is 0 Å². The maximum absolute atomic E-state index is 5.61. The van der Waals surface area contributed by atoms with Gasteiger partial charge in [0, 0.05) is 0 Å². The summed E-state index contributed by atoms with van der Waals surface area (Å²) in [5.74, 6) is 0. The van der Waals surface area contributed by atoms with Crippen LogP contribution >= 0.6 is 34.8 Å². The molecule has 84 valence electrons. The number of rotatable bonds is 3. The Hall–Kier alpha value is 1.65. The third-order valence-electron chi connectivity index (χ3n) is 1.02. The van der Waals surface area contributed by atoms with Crippen LogP contribution < -0.4 is 0 Å². The molecule has 0 N–H and O–H groups in total. The topological polar surface area (TPSA) is 27.7 Å². The van der Waals surface area contributed by atoms with Crippen molar-refractivity contribution in [2.45, 2.75) is 0 Å². The zero-order valence-corrected chi connectivity index (χ0v) is 15.1. The van der Waals surface area contributed by atoms with Crippen molar-refractivity contribution in [3.05, 3.63) is 31.2 Å². The van der Waals surface area contributed by atoms with Gasteiger partial charge in [0.1, 0.15) is 0 Å². The van der Waals surface area contributed by atoms with Crippen LogP contribution in [0.2, 0.25) is 0 Å². The fraction of sp³-hybridized carbons (Fsp3) is 0. The molecule has 9 heteroatoms. The van der Waals surface area contributed by atoms with Gasteiger partial charge in [0.05, 0.1) is 0 Å². The van der Waals surface area contributed by atoms with E-state index in [1.165, 1.54) is 16.6 Å². The molecule has 0 radical (unpaired) electrons. The Balaban J connectivity index is 2.63. The molecule has 0 unspecified atom stereocenters. The van der Waals surface area contributed by atoms with E-state index in [9.17, 15) is 0 Å². The Kier molecular flexibility index (Phi) is 8.52. The first kappa shape index (κ1) is 14.7. The second-order valence-electron chi connectivity index (χ2n) is 1.93. The van der Waals surface area contributed by atoms with E-state index in [1.54, 1.807) is 14.6 Å². The molecule has 1 heterocycles. The third kappa shape index (κ3) is 5.68. The molecule has 1 aliphatic heterocycles. The van der Waals surface area contributed by atoms with E-state index in [0.29, 0.717) is 0 Å². The molecule has 0 bridgehead atoms. The van der Waals surface area contributed by atoms with Crippen molar-refractivity contribution >= 4 is 80.8 Å². The molecule has 0 aromatic heterocycles. The minimum atomic E-state index is -1.90. The third-order valence-corrected chi connectivity index (χ3v) is 17.6. The van der Waals surface area contributed by atoms with Crippen molar-refractivity contribution in [2.24, 2.45) is 0 Å². The van der Waals surface area contributed by atoms with Gasteiger partial charge in [0.2, 0.25) is 0 Å². The van der Waals surface area contributed by atoms with Crippen molar-refractivity contribution in [2.75, 3.05) is 0 Å². The van der Waals surface area contributed by atoms with Gasteiger partial charge in [-0.15, -0.1) is 0 Å². The van der Waals surface area contributed by atoms with E-state index in [0.717, 1.165) is 0 Å². The molecular weight excluding hydrogens is 451 g/mol. The van der Waals surface area contributed by atoms with E-state index in [1.807, 2.05) is 0 Å². The summed E-state index contributed by atoms with van der Waals surface area (Å²) in [7, 11) is 0. The quantitative estimate of drug-likeness (QED) is 0.610. The van der Waals surface area contributed by atoms with Crippen molar-refractivity contribution in [1.29, 1.82) is 0 Å². The molecule has 1 fully saturated rings. The summed E-state index contributed by atoms with van der Waals surface area (Å²) in [6.07, 6.45) is 0. The fourth-order valence-corrected chi connectivity index (χ4v) is 19.3. The molecule has 0 spiro atoms. The molecular formula is C6H6As3Cl3O3. The average molecular weight is 457 g/mol. The Morgan fingerprint density at radius 2 is 0.867 bits per heavy atom. The first-order chi connectivity index (χ1) is 7.30. The standard InChI is InChI=1S/C6H6As3Cl3O3/c10-4-1-7-13-8(2-5-11)15-9(14-7)3-6-12/h1-6H/b4-1+,5-2+,6-3+. The molecule has 1 saturated heterocycles. The Morgan fingerprint density at radius 3 is 1.07 bits per heavy atom. The first-order valence-electron chi connectivity index (χ1n) is 3.52. The van der Waals surface area contributed by atoms with Crippen molar-refractivity contribution in [1.82, 2.24) is 0 Å². The van der Waals surface area contributed by atoms with Crippen LogP contribution in [0.4, 0.5) is 0 Å². The molecule has 0 aromatic carbocycles. The summed E-state index contributed by atoms with van der Waals surface area (Å²) in [6, 6.07) is 0. The van der Waals surface area contributed by atoms with Gasteiger partial charge in [-0.1, -0.05) is 0 Å². The van der Waals surface area contributed by atoms with Gasteiger partial charge in [0.25, 0.3) is 0 Å². The van der Waals surface area contributed by atoms with E-state index in [2.05, 4.69) is 0 Å². The van der Waals surface area contributed by atoms with Gasteiger partial charge in [-0.25, -0.2) is 0 Å². The summed E-state index contributed by atoms with van der Waals surface area (Å²) >= 11 is 10.7. The Bertz CT molecular complexity index is 225. The molecule has 3 nitrogen and oxygen atoms in total. The second-order valence-corrected chi connectivity index (χ2v) is 14.5. The minimum absolute atomic E-state index is 1.42. The van der Waals surface area contributed by atoms with Crippen LogP contribution in [0, 0.1) is 0 Å². The van der Waals surface area contributed by atoms with E-state index in [-0.39, 0.29) is 0 Å². The predicted octanol–water partition coefficient (Wildman–Crippen LogP) is 2.39. The molecule has 0 aliphatic carbocycles. The zero-order chi connectivity index (χ0) is 11.1. The van der Waals surface area contributed by atoms with Crippen LogP contribution in [0.5, 0.6) is 0 Å². The van der Waals surface area contributed by atoms with Crippen LogP contribution in [0.3, 0.4) is 0 Å². The summed E-state index contributed by atoms with van der Waals surface area (Å²) in [5, 5.41) is 0. The molecule has 0 saturated carbocycles. The van der Waals surface area contributed by atoms with Gasteiger partial charge < -0.3 is 0 Å². The average Bonchev–Trinajstić information content (AvgIpc) is 2.19. The first-order valence-corrected chi connectivity index (χ1v) is 12.7. The van der Waals surface area contributed by atoms with Crippen LogP contribution in [-0.4, -0.2) is 46.0 Å². The summed E-state index contributed by atoms with van der Waals surface area (Å²) < 4.78 is 16.8. The summed E-state index contributed by atoms with van der Waals surface area (Å²) in [6.45, 7) is 0. The van der Waals surface area contributed by atoms with Crippen molar-refractivity contribution in [3.63, 3.8) is 0 Å². The van der Waals surface area contributed by atoms with Crippen molar-refractivity contribution in [3.8, 4) is 0 Å². The van der Waals surface area contributed by atoms with Gasteiger partial charge in [-0.2, -0.15) is 0 Å². The van der Waals surface area contributed by atoms with Crippen LogP contribution in [0.1, 0.15) is 0 Å².